The van der Waals surface area contributed by atoms with Crippen molar-refractivity contribution in [3.8, 4) is 5.75 Å². The standard InChI is InChI=1S/C28H36N2O3/c1-29(27(32)21-7-4-3-5-8-21)23-16-26(33-2)25-19-30(18-20-11-12-20)14-13-28(25,17-23)22-9-6-10-24(31)15-22/h3-10,15,20,23,25-26,31H,11-14,16-19H2,1-2H3/t23-,25?,26?,28?/m1/s1. The summed E-state index contributed by atoms with van der Waals surface area (Å²) in [5, 5.41) is 10.3. The van der Waals surface area contributed by atoms with Gasteiger partial charge in [-0.15, -0.1) is 0 Å². The molecule has 2 aromatic carbocycles. The molecule has 1 saturated heterocycles. The lowest BCUT2D eigenvalue weighted by Crippen LogP contribution is -2.61. The van der Waals surface area contributed by atoms with Crippen LogP contribution in [-0.4, -0.2) is 66.8 Å². The number of benzene rings is 2. The number of carbonyl (C=O) groups is 1. The monoisotopic (exact) mass is 448 g/mol. The Balaban J connectivity index is 1.47. The lowest BCUT2D eigenvalue weighted by Gasteiger charge is -2.56. The topological polar surface area (TPSA) is 53.0 Å². The molecule has 3 aliphatic rings. The number of phenols is 1. The zero-order chi connectivity index (χ0) is 23.0. The first-order valence-corrected chi connectivity index (χ1v) is 12.4. The molecule has 5 rings (SSSR count). The Hall–Kier alpha value is -2.37. The molecule has 0 aromatic heterocycles. The third-order valence-corrected chi connectivity index (χ3v) is 8.42. The summed E-state index contributed by atoms with van der Waals surface area (Å²) in [6.45, 7) is 3.27. The molecule has 5 heteroatoms. The van der Waals surface area contributed by atoms with E-state index in [2.05, 4.69) is 11.0 Å². The van der Waals surface area contributed by atoms with Crippen LogP contribution in [0.4, 0.5) is 0 Å². The van der Waals surface area contributed by atoms with Crippen LogP contribution in [0.25, 0.3) is 0 Å². The second kappa shape index (κ2) is 9.11. The normalized spacial score (nSPS) is 29.9. The largest absolute Gasteiger partial charge is 0.508 e. The van der Waals surface area contributed by atoms with E-state index in [0.717, 1.165) is 43.8 Å². The van der Waals surface area contributed by atoms with Crippen molar-refractivity contribution in [2.75, 3.05) is 33.8 Å². The van der Waals surface area contributed by atoms with Crippen LogP contribution in [0, 0.1) is 11.8 Å². The molecular weight excluding hydrogens is 412 g/mol. The molecule has 2 aromatic rings. The number of fused-ring (bicyclic) bond motifs is 1. The van der Waals surface area contributed by atoms with Gasteiger partial charge in [-0.2, -0.15) is 0 Å². The van der Waals surface area contributed by atoms with Crippen LogP contribution in [-0.2, 0) is 10.2 Å². The Labute approximate surface area is 197 Å². The van der Waals surface area contributed by atoms with E-state index in [0.29, 0.717) is 11.7 Å². The van der Waals surface area contributed by atoms with Crippen LogP contribution in [0.1, 0.15) is 48.0 Å². The first kappa shape index (κ1) is 22.4. The molecule has 2 saturated carbocycles. The average molecular weight is 449 g/mol. The number of phenolic OH excluding ortho intramolecular Hbond substituents is 1. The Morgan fingerprint density at radius 2 is 1.97 bits per heavy atom. The smallest absolute Gasteiger partial charge is 0.253 e. The zero-order valence-electron chi connectivity index (χ0n) is 19.8. The number of piperidine rings is 1. The van der Waals surface area contributed by atoms with Crippen LogP contribution < -0.4 is 0 Å². The van der Waals surface area contributed by atoms with Gasteiger partial charge in [0, 0.05) is 50.2 Å². The average Bonchev–Trinajstić information content (AvgIpc) is 3.67. The van der Waals surface area contributed by atoms with Gasteiger partial charge in [-0.3, -0.25) is 4.79 Å². The molecule has 2 aliphatic carbocycles. The highest BCUT2D eigenvalue weighted by atomic mass is 16.5. The number of methoxy groups -OCH3 is 1. The van der Waals surface area contributed by atoms with Crippen molar-refractivity contribution in [1.82, 2.24) is 9.80 Å². The molecule has 3 fully saturated rings. The fourth-order valence-electron chi connectivity index (χ4n) is 6.38. The molecule has 4 atom stereocenters. The summed E-state index contributed by atoms with van der Waals surface area (Å²) >= 11 is 0. The number of ether oxygens (including phenoxy) is 1. The summed E-state index contributed by atoms with van der Waals surface area (Å²) in [5.74, 6) is 1.58. The Kier molecular flexibility index (Phi) is 6.19. The molecule has 0 bridgehead atoms. The minimum Gasteiger partial charge on any atom is -0.508 e. The van der Waals surface area contributed by atoms with Gasteiger partial charge in [0.1, 0.15) is 5.75 Å². The number of hydrogen-bond acceptors (Lipinski definition) is 4. The second-order valence-electron chi connectivity index (χ2n) is 10.4. The minimum atomic E-state index is -0.117. The minimum absolute atomic E-state index is 0.0612. The van der Waals surface area contributed by atoms with Gasteiger partial charge in [-0.1, -0.05) is 30.3 Å². The van der Waals surface area contributed by atoms with Crippen molar-refractivity contribution in [2.45, 2.75) is 49.7 Å². The van der Waals surface area contributed by atoms with Gasteiger partial charge in [-0.05, 0) is 74.4 Å². The van der Waals surface area contributed by atoms with Gasteiger partial charge >= 0.3 is 0 Å². The fraction of sp³-hybridized carbons (Fsp3) is 0.536. The summed E-state index contributed by atoms with van der Waals surface area (Å²) in [7, 11) is 3.75. The molecule has 176 valence electrons. The summed E-state index contributed by atoms with van der Waals surface area (Å²) in [6, 6.07) is 17.4. The molecule has 0 spiro atoms. The quantitative estimate of drug-likeness (QED) is 0.716. The zero-order valence-corrected chi connectivity index (χ0v) is 19.8. The van der Waals surface area contributed by atoms with Crippen LogP contribution in [0.2, 0.25) is 0 Å². The number of aromatic hydroxyl groups is 1. The Morgan fingerprint density at radius 1 is 1.18 bits per heavy atom. The summed E-state index contributed by atoms with van der Waals surface area (Å²) in [5.41, 5.74) is 1.79. The number of nitrogens with zero attached hydrogens (tertiary/aromatic N) is 2. The molecule has 1 aliphatic heterocycles. The van der Waals surface area contributed by atoms with Gasteiger partial charge in [0.05, 0.1) is 6.10 Å². The third-order valence-electron chi connectivity index (χ3n) is 8.42. The van der Waals surface area contributed by atoms with Crippen molar-refractivity contribution < 1.29 is 14.6 Å². The molecule has 33 heavy (non-hydrogen) atoms. The van der Waals surface area contributed by atoms with Crippen LogP contribution in [0.5, 0.6) is 5.75 Å². The molecule has 1 heterocycles. The molecule has 5 nitrogen and oxygen atoms in total. The van der Waals surface area contributed by atoms with E-state index in [1.807, 2.05) is 61.5 Å². The van der Waals surface area contributed by atoms with Gasteiger partial charge in [0.2, 0.25) is 0 Å². The number of likely N-dealkylation sites (tertiary alicyclic amines) is 1. The number of rotatable bonds is 6. The molecular formula is C28H36N2O3. The summed E-state index contributed by atoms with van der Waals surface area (Å²) in [6.07, 6.45) is 5.56. The second-order valence-corrected chi connectivity index (χ2v) is 10.4. The van der Waals surface area contributed by atoms with E-state index in [-0.39, 0.29) is 23.5 Å². The van der Waals surface area contributed by atoms with Crippen LogP contribution in [0.15, 0.2) is 54.6 Å². The first-order chi connectivity index (χ1) is 16.0. The first-order valence-electron chi connectivity index (χ1n) is 12.4. The molecule has 0 radical (unpaired) electrons. The molecule has 3 unspecified atom stereocenters. The predicted molar refractivity (Wildman–Crippen MR) is 129 cm³/mol. The lowest BCUT2D eigenvalue weighted by molar-refractivity contribution is -0.0794. The van der Waals surface area contributed by atoms with Crippen molar-refractivity contribution in [2.24, 2.45) is 11.8 Å². The highest BCUT2D eigenvalue weighted by Crippen LogP contribution is 2.51. The van der Waals surface area contributed by atoms with Gasteiger partial charge in [-0.25, -0.2) is 0 Å². The van der Waals surface area contributed by atoms with E-state index in [4.69, 9.17) is 4.74 Å². The maximum Gasteiger partial charge on any atom is 0.253 e. The van der Waals surface area contributed by atoms with E-state index < -0.39 is 0 Å². The van der Waals surface area contributed by atoms with Gasteiger partial charge < -0.3 is 19.6 Å². The van der Waals surface area contributed by atoms with Crippen molar-refractivity contribution >= 4 is 5.91 Å². The van der Waals surface area contributed by atoms with E-state index >= 15 is 0 Å². The predicted octanol–water partition coefficient (Wildman–Crippen LogP) is 4.31. The van der Waals surface area contributed by atoms with Crippen molar-refractivity contribution in [1.29, 1.82) is 0 Å². The van der Waals surface area contributed by atoms with Crippen LogP contribution >= 0.6 is 0 Å². The fourth-order valence-corrected chi connectivity index (χ4v) is 6.38. The van der Waals surface area contributed by atoms with E-state index in [1.54, 1.807) is 6.07 Å². The molecule has 1 amide bonds. The highest BCUT2D eigenvalue weighted by molar-refractivity contribution is 5.94. The number of amides is 1. The van der Waals surface area contributed by atoms with E-state index in [1.165, 1.54) is 24.9 Å². The maximum absolute atomic E-state index is 13.3. The molecule has 1 N–H and O–H groups in total. The summed E-state index contributed by atoms with van der Waals surface area (Å²) in [4.78, 5) is 17.9. The number of hydrogen-bond donors (Lipinski definition) is 1. The van der Waals surface area contributed by atoms with Crippen molar-refractivity contribution in [3.63, 3.8) is 0 Å². The highest BCUT2D eigenvalue weighted by Gasteiger charge is 2.53. The van der Waals surface area contributed by atoms with Crippen LogP contribution in [0.3, 0.4) is 0 Å². The van der Waals surface area contributed by atoms with Crippen molar-refractivity contribution in [3.05, 3.63) is 65.7 Å². The Morgan fingerprint density at radius 3 is 2.67 bits per heavy atom. The lowest BCUT2D eigenvalue weighted by atomic mass is 9.56. The van der Waals surface area contributed by atoms with Gasteiger partial charge in [0.15, 0.2) is 0 Å². The van der Waals surface area contributed by atoms with E-state index in [9.17, 15) is 9.90 Å². The maximum atomic E-state index is 13.3. The summed E-state index contributed by atoms with van der Waals surface area (Å²) < 4.78 is 6.15. The number of carbonyl (C=O) groups excluding carboxylic acids is 1. The Bertz CT molecular complexity index is 976. The third kappa shape index (κ3) is 4.41. The SMILES string of the molecule is COC1C[C@@H](N(C)C(=O)c2ccccc2)CC2(c3cccc(O)c3)CCN(CC3CC3)CC12. The van der Waals surface area contributed by atoms with Gasteiger partial charge in [0.25, 0.3) is 5.91 Å².